The molecule has 1 amide bonds. The van der Waals surface area contributed by atoms with E-state index in [4.69, 9.17) is 11.6 Å². The molecule has 1 N–H and O–H groups in total. The van der Waals surface area contributed by atoms with E-state index in [1.54, 1.807) is 37.6 Å². The number of carbonyl (C=O) groups is 1. The zero-order chi connectivity index (χ0) is 17.7. The smallest absolute Gasteiger partial charge is 0.242 e. The molecule has 2 aromatic rings. The first-order valence-corrected chi connectivity index (χ1v) is 9.34. The number of likely N-dealkylation sites (N-methyl/N-ethyl adjacent to an activating group) is 1. The Balaban J connectivity index is 2.22. The molecule has 0 spiro atoms. The number of carbonyl (C=O) groups excluding carboxylic acids is 1. The van der Waals surface area contributed by atoms with Crippen molar-refractivity contribution in [3.05, 3.63) is 35.9 Å². The minimum Gasteiger partial charge on any atom is -0.307 e. The van der Waals surface area contributed by atoms with E-state index in [2.05, 4.69) is 14.8 Å². The zero-order valence-corrected chi connectivity index (χ0v) is 14.9. The van der Waals surface area contributed by atoms with Gasteiger partial charge >= 0.3 is 0 Å². The number of nitrogens with one attached hydrogen (secondary N) is 1. The van der Waals surface area contributed by atoms with Gasteiger partial charge in [0.15, 0.2) is 5.15 Å². The van der Waals surface area contributed by atoms with Crippen molar-refractivity contribution in [3.63, 3.8) is 0 Å². The van der Waals surface area contributed by atoms with Crippen LogP contribution in [-0.2, 0) is 14.8 Å². The molecular formula is C14H18ClN5O3S. The van der Waals surface area contributed by atoms with E-state index in [0.29, 0.717) is 17.9 Å². The minimum atomic E-state index is -3.45. The average molecular weight is 372 g/mol. The molecule has 0 fully saturated rings. The predicted octanol–water partition coefficient (Wildman–Crippen LogP) is 1.21. The number of rotatable bonds is 7. The summed E-state index contributed by atoms with van der Waals surface area (Å²) in [6.07, 6.45) is 4.85. The largest absolute Gasteiger partial charge is 0.307 e. The summed E-state index contributed by atoms with van der Waals surface area (Å²) in [5, 5.41) is 4.31. The summed E-state index contributed by atoms with van der Waals surface area (Å²) in [6, 6.07) is 3.56. The monoisotopic (exact) mass is 371 g/mol. The standard InChI is InChI=1S/C14H18ClN5O3S/c1-3-19(13(21)9-17-24(22,23)4-2)12-10-20(18-14(12)15)11-6-5-7-16-8-11/h5-8,10,17H,3-4,9H2,1-2H3. The summed E-state index contributed by atoms with van der Waals surface area (Å²) in [5.41, 5.74) is 1.10. The predicted molar refractivity (Wildman–Crippen MR) is 91.9 cm³/mol. The lowest BCUT2D eigenvalue weighted by molar-refractivity contribution is -0.117. The van der Waals surface area contributed by atoms with Gasteiger partial charge < -0.3 is 4.90 Å². The molecule has 0 saturated carbocycles. The van der Waals surface area contributed by atoms with Crippen LogP contribution in [0.1, 0.15) is 13.8 Å². The van der Waals surface area contributed by atoms with Crippen molar-refractivity contribution in [1.82, 2.24) is 19.5 Å². The maximum atomic E-state index is 12.3. The molecule has 2 heterocycles. The van der Waals surface area contributed by atoms with Crippen molar-refractivity contribution in [2.24, 2.45) is 0 Å². The van der Waals surface area contributed by atoms with E-state index in [-0.39, 0.29) is 17.5 Å². The van der Waals surface area contributed by atoms with Crippen LogP contribution in [0.2, 0.25) is 5.15 Å². The highest BCUT2D eigenvalue weighted by molar-refractivity contribution is 7.89. The number of hydrogen-bond donors (Lipinski definition) is 1. The third-order valence-corrected chi connectivity index (χ3v) is 4.91. The number of anilines is 1. The van der Waals surface area contributed by atoms with Gasteiger partial charge in [0.05, 0.1) is 30.4 Å². The second-order valence-electron chi connectivity index (χ2n) is 4.82. The second-order valence-corrected chi connectivity index (χ2v) is 7.28. The van der Waals surface area contributed by atoms with Crippen molar-refractivity contribution in [1.29, 1.82) is 0 Å². The first-order chi connectivity index (χ1) is 11.4. The summed E-state index contributed by atoms with van der Waals surface area (Å²) >= 11 is 6.14. The Morgan fingerprint density at radius 2 is 2.17 bits per heavy atom. The van der Waals surface area contributed by atoms with Crippen LogP contribution >= 0.6 is 11.6 Å². The normalized spacial score (nSPS) is 11.5. The molecule has 2 aromatic heterocycles. The zero-order valence-electron chi connectivity index (χ0n) is 13.3. The summed E-state index contributed by atoms with van der Waals surface area (Å²) < 4.78 is 26.7. The highest BCUT2D eigenvalue weighted by Gasteiger charge is 2.21. The number of hydrogen-bond acceptors (Lipinski definition) is 5. The molecule has 0 aliphatic carbocycles. The van der Waals surface area contributed by atoms with Crippen LogP contribution in [0.3, 0.4) is 0 Å². The summed E-state index contributed by atoms with van der Waals surface area (Å²) in [7, 11) is -3.45. The van der Waals surface area contributed by atoms with Crippen molar-refractivity contribution in [2.45, 2.75) is 13.8 Å². The Morgan fingerprint density at radius 1 is 1.42 bits per heavy atom. The Kier molecular flexibility index (Phi) is 5.92. The number of aromatic nitrogens is 3. The molecule has 130 valence electrons. The van der Waals surface area contributed by atoms with Crippen LogP contribution in [0.15, 0.2) is 30.7 Å². The molecule has 0 aliphatic heterocycles. The van der Waals surface area contributed by atoms with Crippen molar-refractivity contribution in [3.8, 4) is 5.69 Å². The lowest BCUT2D eigenvalue weighted by Gasteiger charge is -2.19. The highest BCUT2D eigenvalue weighted by atomic mass is 35.5. The van der Waals surface area contributed by atoms with Gasteiger partial charge in [0.2, 0.25) is 15.9 Å². The molecule has 0 saturated heterocycles. The third kappa shape index (κ3) is 4.31. The lowest BCUT2D eigenvalue weighted by atomic mass is 10.4. The molecule has 2 rings (SSSR count). The highest BCUT2D eigenvalue weighted by Crippen LogP contribution is 2.25. The lowest BCUT2D eigenvalue weighted by Crippen LogP contribution is -2.40. The maximum Gasteiger partial charge on any atom is 0.242 e. The molecule has 0 radical (unpaired) electrons. The molecule has 0 aromatic carbocycles. The molecule has 0 unspecified atom stereocenters. The quantitative estimate of drug-likeness (QED) is 0.789. The van der Waals surface area contributed by atoms with E-state index >= 15 is 0 Å². The van der Waals surface area contributed by atoms with Gasteiger partial charge in [-0.2, -0.15) is 5.10 Å². The fraction of sp³-hybridized carbons (Fsp3) is 0.357. The van der Waals surface area contributed by atoms with Gasteiger partial charge in [-0.1, -0.05) is 11.6 Å². The summed E-state index contributed by atoms with van der Waals surface area (Å²) in [6.45, 7) is 3.26. The molecule has 0 bridgehead atoms. The Morgan fingerprint density at radius 3 is 2.75 bits per heavy atom. The SMILES string of the molecule is CCN(C(=O)CNS(=O)(=O)CC)c1cn(-c2cccnc2)nc1Cl. The number of pyridine rings is 1. The van der Waals surface area contributed by atoms with Crippen molar-refractivity contribution >= 4 is 33.2 Å². The fourth-order valence-electron chi connectivity index (χ4n) is 2.00. The summed E-state index contributed by atoms with van der Waals surface area (Å²) in [4.78, 5) is 17.7. The van der Waals surface area contributed by atoms with E-state index in [0.717, 1.165) is 0 Å². The molecule has 0 aliphatic rings. The number of amides is 1. The van der Waals surface area contributed by atoms with Crippen LogP contribution in [-0.4, -0.2) is 47.9 Å². The summed E-state index contributed by atoms with van der Waals surface area (Å²) in [5.74, 6) is -0.506. The number of nitrogens with zero attached hydrogens (tertiary/aromatic N) is 4. The van der Waals surface area contributed by atoms with E-state index in [1.807, 2.05) is 0 Å². The van der Waals surface area contributed by atoms with Crippen LogP contribution in [0.5, 0.6) is 0 Å². The molecule has 10 heteroatoms. The first kappa shape index (κ1) is 18.4. The average Bonchev–Trinajstić information content (AvgIpc) is 2.96. The topological polar surface area (TPSA) is 97.2 Å². The van der Waals surface area contributed by atoms with Gasteiger partial charge in [-0.05, 0) is 26.0 Å². The van der Waals surface area contributed by atoms with Gasteiger partial charge in [-0.15, -0.1) is 0 Å². The van der Waals surface area contributed by atoms with Crippen LogP contribution in [0.4, 0.5) is 5.69 Å². The number of sulfonamides is 1. The van der Waals surface area contributed by atoms with Gasteiger partial charge in [0.1, 0.15) is 5.69 Å². The van der Waals surface area contributed by atoms with Crippen LogP contribution in [0.25, 0.3) is 5.69 Å². The van der Waals surface area contributed by atoms with Crippen LogP contribution in [0, 0.1) is 0 Å². The molecule has 0 atom stereocenters. The van der Waals surface area contributed by atoms with Gasteiger partial charge in [0, 0.05) is 12.7 Å². The molecule has 24 heavy (non-hydrogen) atoms. The molecule has 8 nitrogen and oxygen atoms in total. The van der Waals surface area contributed by atoms with Crippen molar-refractivity contribution in [2.75, 3.05) is 23.7 Å². The Bertz CT molecular complexity index is 807. The van der Waals surface area contributed by atoms with E-state index in [9.17, 15) is 13.2 Å². The van der Waals surface area contributed by atoms with Gasteiger partial charge in [-0.3, -0.25) is 9.78 Å². The second kappa shape index (κ2) is 7.73. The molecular weight excluding hydrogens is 354 g/mol. The van der Waals surface area contributed by atoms with Gasteiger partial charge in [0.25, 0.3) is 0 Å². The van der Waals surface area contributed by atoms with Gasteiger partial charge in [-0.25, -0.2) is 17.8 Å². The van der Waals surface area contributed by atoms with Crippen LogP contribution < -0.4 is 9.62 Å². The third-order valence-electron chi connectivity index (χ3n) is 3.29. The minimum absolute atomic E-state index is 0.0912. The van der Waals surface area contributed by atoms with E-state index < -0.39 is 15.9 Å². The number of halogens is 1. The maximum absolute atomic E-state index is 12.3. The van der Waals surface area contributed by atoms with Crippen molar-refractivity contribution < 1.29 is 13.2 Å². The van der Waals surface area contributed by atoms with E-state index in [1.165, 1.54) is 16.5 Å². The Labute approximate surface area is 145 Å². The first-order valence-electron chi connectivity index (χ1n) is 7.31. The fourth-order valence-corrected chi connectivity index (χ4v) is 2.78. The Hall–Kier alpha value is -1.97.